The van der Waals surface area contributed by atoms with Crippen LogP contribution in [0.5, 0.6) is 5.75 Å². The lowest BCUT2D eigenvalue weighted by Crippen LogP contribution is -2.46. The Balaban J connectivity index is 1.42. The third-order valence-electron chi connectivity index (χ3n) is 5.46. The zero-order valence-corrected chi connectivity index (χ0v) is 18.5. The predicted octanol–water partition coefficient (Wildman–Crippen LogP) is 1.91. The maximum atomic E-state index is 12.7. The average molecular weight is 455 g/mol. The van der Waals surface area contributed by atoms with Gasteiger partial charge in [0.2, 0.25) is 11.8 Å². The fraction of sp³-hybridized carbons (Fsp3) is 0.400. The molecule has 1 saturated heterocycles. The van der Waals surface area contributed by atoms with Gasteiger partial charge in [-0.1, -0.05) is 48.5 Å². The first-order chi connectivity index (χ1) is 16.1. The van der Waals surface area contributed by atoms with Gasteiger partial charge in [0.1, 0.15) is 18.4 Å². The number of aliphatic hydroxyl groups excluding tert-OH is 1. The van der Waals surface area contributed by atoms with Crippen molar-refractivity contribution in [1.82, 2.24) is 10.2 Å². The summed E-state index contributed by atoms with van der Waals surface area (Å²) >= 11 is 0. The summed E-state index contributed by atoms with van der Waals surface area (Å²) in [6, 6.07) is 17.8. The van der Waals surface area contributed by atoms with Crippen molar-refractivity contribution in [3.63, 3.8) is 0 Å². The van der Waals surface area contributed by atoms with E-state index in [1.807, 2.05) is 60.7 Å². The van der Waals surface area contributed by atoms with Crippen LogP contribution in [0.25, 0.3) is 0 Å². The number of nitrogens with zero attached hydrogens (tertiary/aromatic N) is 1. The van der Waals surface area contributed by atoms with E-state index < -0.39 is 12.0 Å². The van der Waals surface area contributed by atoms with Gasteiger partial charge in [0.05, 0.1) is 13.2 Å². The molecule has 0 aromatic heterocycles. The fourth-order valence-corrected chi connectivity index (χ4v) is 3.68. The van der Waals surface area contributed by atoms with Crippen LogP contribution >= 0.6 is 0 Å². The lowest BCUT2D eigenvalue weighted by Gasteiger charge is -2.23. The lowest BCUT2D eigenvalue weighted by molar-refractivity contribution is -0.154. The van der Waals surface area contributed by atoms with Gasteiger partial charge < -0.3 is 24.8 Å². The second-order valence-corrected chi connectivity index (χ2v) is 7.98. The normalized spacial score (nSPS) is 17.4. The molecule has 0 spiro atoms. The van der Waals surface area contributed by atoms with Gasteiger partial charge >= 0.3 is 5.97 Å². The van der Waals surface area contributed by atoms with Gasteiger partial charge in [0, 0.05) is 25.5 Å². The number of ether oxygens (including phenoxy) is 2. The Labute approximate surface area is 193 Å². The van der Waals surface area contributed by atoms with Crippen molar-refractivity contribution in [3.8, 4) is 5.75 Å². The molecule has 3 rings (SSSR count). The van der Waals surface area contributed by atoms with Gasteiger partial charge in [-0.3, -0.25) is 9.59 Å². The number of hydrogen-bond acceptors (Lipinski definition) is 6. The van der Waals surface area contributed by atoms with Crippen LogP contribution in [0, 0.1) is 5.92 Å². The Hall–Kier alpha value is -3.39. The minimum absolute atomic E-state index is 0.115. The smallest absolute Gasteiger partial charge is 0.329 e. The second kappa shape index (κ2) is 12.6. The van der Waals surface area contributed by atoms with Crippen LogP contribution in [0.4, 0.5) is 0 Å². The van der Waals surface area contributed by atoms with E-state index in [2.05, 4.69) is 5.32 Å². The Bertz CT molecular complexity index is 906. The molecular formula is C25H30N2O6. The van der Waals surface area contributed by atoms with Crippen LogP contribution in [-0.4, -0.2) is 60.1 Å². The van der Waals surface area contributed by atoms with Crippen LogP contribution in [0.3, 0.4) is 0 Å². The highest BCUT2D eigenvalue weighted by Crippen LogP contribution is 2.24. The number of benzene rings is 2. The van der Waals surface area contributed by atoms with Gasteiger partial charge in [0.25, 0.3) is 0 Å². The van der Waals surface area contributed by atoms with E-state index in [0.717, 1.165) is 11.3 Å². The first-order valence-corrected chi connectivity index (χ1v) is 11.1. The van der Waals surface area contributed by atoms with Crippen molar-refractivity contribution in [1.29, 1.82) is 0 Å². The predicted molar refractivity (Wildman–Crippen MR) is 121 cm³/mol. The van der Waals surface area contributed by atoms with E-state index in [9.17, 15) is 19.5 Å². The molecule has 8 nitrogen and oxygen atoms in total. The number of amides is 2. The van der Waals surface area contributed by atoms with Gasteiger partial charge in [-0.05, 0) is 30.5 Å². The lowest BCUT2D eigenvalue weighted by atomic mass is 10.1. The molecule has 0 saturated carbocycles. The number of hydrogen-bond donors (Lipinski definition) is 2. The molecule has 2 N–H and O–H groups in total. The largest absolute Gasteiger partial charge is 0.494 e. The Morgan fingerprint density at radius 3 is 2.42 bits per heavy atom. The maximum absolute atomic E-state index is 12.7. The van der Waals surface area contributed by atoms with Crippen LogP contribution in [0.1, 0.15) is 24.8 Å². The summed E-state index contributed by atoms with van der Waals surface area (Å²) in [5, 5.41) is 12.1. The standard InChI is InChI=1S/C25H30N2O6/c28-17-20-14-22(25(31)33-18-19-8-3-1-4-9-19)27(16-20)24(30)15-26-23(29)12-7-13-32-21-10-5-2-6-11-21/h1-6,8-11,20,22,28H,7,12-18H2,(H,26,29). The van der Waals surface area contributed by atoms with E-state index in [4.69, 9.17) is 9.47 Å². The Morgan fingerprint density at radius 2 is 1.73 bits per heavy atom. The molecule has 2 atom stereocenters. The Kier molecular flexibility index (Phi) is 9.26. The minimum atomic E-state index is -0.769. The third-order valence-corrected chi connectivity index (χ3v) is 5.46. The zero-order valence-electron chi connectivity index (χ0n) is 18.5. The molecule has 0 aliphatic carbocycles. The maximum Gasteiger partial charge on any atom is 0.329 e. The molecule has 0 bridgehead atoms. The first kappa shape index (κ1) is 24.3. The number of aliphatic hydroxyl groups is 1. The molecular weight excluding hydrogens is 424 g/mol. The molecule has 1 aliphatic heterocycles. The molecule has 1 aliphatic rings. The molecule has 33 heavy (non-hydrogen) atoms. The monoisotopic (exact) mass is 454 g/mol. The highest BCUT2D eigenvalue weighted by Gasteiger charge is 2.40. The topological polar surface area (TPSA) is 105 Å². The van der Waals surface area contributed by atoms with Crippen LogP contribution in [0.2, 0.25) is 0 Å². The molecule has 2 amide bonds. The van der Waals surface area contributed by atoms with Crippen molar-refractivity contribution >= 4 is 17.8 Å². The molecule has 1 fully saturated rings. The van der Waals surface area contributed by atoms with E-state index in [1.165, 1.54) is 4.90 Å². The van der Waals surface area contributed by atoms with Crippen molar-refractivity contribution < 1.29 is 29.0 Å². The summed E-state index contributed by atoms with van der Waals surface area (Å²) in [7, 11) is 0. The number of carbonyl (C=O) groups is 3. The number of likely N-dealkylation sites (tertiary alicyclic amines) is 1. The van der Waals surface area contributed by atoms with Gasteiger partial charge in [0.15, 0.2) is 0 Å². The van der Waals surface area contributed by atoms with Crippen molar-refractivity contribution in [2.75, 3.05) is 26.3 Å². The number of esters is 1. The fourth-order valence-electron chi connectivity index (χ4n) is 3.68. The van der Waals surface area contributed by atoms with Crippen LogP contribution < -0.4 is 10.1 Å². The molecule has 2 aromatic carbocycles. The number of para-hydroxylation sites is 1. The molecule has 8 heteroatoms. The molecule has 0 radical (unpaired) electrons. The summed E-state index contributed by atoms with van der Waals surface area (Å²) < 4.78 is 10.9. The molecule has 176 valence electrons. The average Bonchev–Trinajstić information content (AvgIpc) is 3.30. The van der Waals surface area contributed by atoms with Gasteiger partial charge in [-0.25, -0.2) is 4.79 Å². The third kappa shape index (κ3) is 7.61. The van der Waals surface area contributed by atoms with Crippen molar-refractivity contribution in [2.45, 2.75) is 31.9 Å². The van der Waals surface area contributed by atoms with Gasteiger partial charge in [-0.2, -0.15) is 0 Å². The highest BCUT2D eigenvalue weighted by atomic mass is 16.5. The SMILES string of the molecule is O=C(CCCOc1ccccc1)NCC(=O)N1CC(CO)CC1C(=O)OCc1ccccc1. The number of rotatable bonds is 11. The van der Waals surface area contributed by atoms with E-state index in [1.54, 1.807) is 0 Å². The summed E-state index contributed by atoms with van der Waals surface area (Å²) in [6.07, 6.45) is 1.07. The summed E-state index contributed by atoms with van der Waals surface area (Å²) in [5.41, 5.74) is 0.851. The molecule has 2 unspecified atom stereocenters. The quantitative estimate of drug-likeness (QED) is 0.397. The van der Waals surface area contributed by atoms with Crippen LogP contribution in [-0.2, 0) is 25.7 Å². The summed E-state index contributed by atoms with van der Waals surface area (Å²) in [4.78, 5) is 38.8. The van der Waals surface area contributed by atoms with Crippen LogP contribution in [0.15, 0.2) is 60.7 Å². The minimum Gasteiger partial charge on any atom is -0.494 e. The summed E-state index contributed by atoms with van der Waals surface area (Å²) in [5.74, 6) is -0.602. The number of nitrogens with one attached hydrogen (secondary N) is 1. The summed E-state index contributed by atoms with van der Waals surface area (Å²) in [6.45, 7) is 0.426. The molecule has 2 aromatic rings. The number of carbonyl (C=O) groups excluding carboxylic acids is 3. The van der Waals surface area contributed by atoms with Crippen molar-refractivity contribution in [2.24, 2.45) is 5.92 Å². The van der Waals surface area contributed by atoms with Crippen molar-refractivity contribution in [3.05, 3.63) is 66.2 Å². The van der Waals surface area contributed by atoms with E-state index in [-0.39, 0.29) is 50.5 Å². The Morgan fingerprint density at radius 1 is 1.03 bits per heavy atom. The second-order valence-electron chi connectivity index (χ2n) is 7.98. The zero-order chi connectivity index (χ0) is 23.5. The first-order valence-electron chi connectivity index (χ1n) is 11.1. The van der Waals surface area contributed by atoms with E-state index >= 15 is 0 Å². The van der Waals surface area contributed by atoms with Gasteiger partial charge in [-0.15, -0.1) is 0 Å². The van der Waals surface area contributed by atoms with E-state index in [0.29, 0.717) is 19.4 Å². The molecule has 1 heterocycles. The highest BCUT2D eigenvalue weighted by molar-refractivity contribution is 5.89.